The van der Waals surface area contributed by atoms with Crippen LogP contribution in [0.25, 0.3) is 0 Å². The highest BCUT2D eigenvalue weighted by atomic mass is 35.5. The number of benzene rings is 1. The molecular weight excluding hydrogens is 231 g/mol. The van der Waals surface area contributed by atoms with Gasteiger partial charge in [0.2, 0.25) is 0 Å². The van der Waals surface area contributed by atoms with Crippen LogP contribution in [-0.4, -0.2) is 26.2 Å². The van der Waals surface area contributed by atoms with E-state index in [2.05, 4.69) is 5.32 Å². The monoisotopic (exact) mass is 246 g/mol. The third-order valence-corrected chi connectivity index (χ3v) is 3.45. The molecule has 0 radical (unpaired) electrons. The molecule has 0 saturated carbocycles. The van der Waals surface area contributed by atoms with Crippen LogP contribution in [0, 0.1) is 0 Å². The first-order chi connectivity index (χ1) is 7.25. The van der Waals surface area contributed by atoms with Crippen LogP contribution in [0.2, 0.25) is 10.0 Å². The molecule has 15 heavy (non-hydrogen) atoms. The molecule has 1 aliphatic rings. The van der Waals surface area contributed by atoms with Gasteiger partial charge in [0.1, 0.15) is 32.7 Å². The SMILES string of the molecule is Clc1ccc(C[NH+]2CC[NH2+]CC2)c(Cl)c1. The number of rotatable bonds is 2. The summed E-state index contributed by atoms with van der Waals surface area (Å²) >= 11 is 12.0. The first kappa shape index (κ1) is 11.2. The minimum absolute atomic E-state index is 0.714. The van der Waals surface area contributed by atoms with E-state index in [9.17, 15) is 0 Å². The van der Waals surface area contributed by atoms with Crippen LogP contribution in [0.5, 0.6) is 0 Å². The molecule has 3 N–H and O–H groups in total. The minimum atomic E-state index is 0.714. The molecule has 2 rings (SSSR count). The Morgan fingerprint density at radius 3 is 2.60 bits per heavy atom. The van der Waals surface area contributed by atoms with E-state index >= 15 is 0 Å². The summed E-state index contributed by atoms with van der Waals surface area (Å²) in [5, 5.41) is 3.88. The zero-order chi connectivity index (χ0) is 10.7. The van der Waals surface area contributed by atoms with Gasteiger partial charge >= 0.3 is 0 Å². The summed E-state index contributed by atoms with van der Waals surface area (Å²) in [4.78, 5) is 1.61. The summed E-state index contributed by atoms with van der Waals surface area (Å²) in [6, 6.07) is 5.78. The van der Waals surface area contributed by atoms with Crippen LogP contribution < -0.4 is 10.2 Å². The molecule has 0 aliphatic carbocycles. The first-order valence-electron chi connectivity index (χ1n) is 5.35. The van der Waals surface area contributed by atoms with Crippen LogP contribution in [-0.2, 0) is 6.54 Å². The molecule has 1 heterocycles. The Labute approximate surface area is 100 Å². The summed E-state index contributed by atoms with van der Waals surface area (Å²) in [7, 11) is 0. The number of hydrogen-bond acceptors (Lipinski definition) is 0. The van der Waals surface area contributed by atoms with Crippen LogP contribution >= 0.6 is 23.2 Å². The Balaban J connectivity index is 2.03. The van der Waals surface area contributed by atoms with Crippen molar-refractivity contribution in [3.8, 4) is 0 Å². The summed E-state index contributed by atoms with van der Waals surface area (Å²) < 4.78 is 0. The molecule has 0 spiro atoms. The van der Waals surface area contributed by atoms with Gasteiger partial charge in [0, 0.05) is 10.6 Å². The highest BCUT2D eigenvalue weighted by molar-refractivity contribution is 6.35. The second kappa shape index (κ2) is 5.17. The number of halogens is 2. The average molecular weight is 247 g/mol. The predicted octanol–water partition coefficient (Wildman–Crippen LogP) is -0.0447. The predicted molar refractivity (Wildman–Crippen MR) is 62.5 cm³/mol. The Morgan fingerprint density at radius 2 is 1.93 bits per heavy atom. The number of quaternary nitrogens is 2. The smallest absolute Gasteiger partial charge is 0.127 e. The quantitative estimate of drug-likeness (QED) is 0.731. The number of nitrogens with two attached hydrogens (primary N) is 1. The maximum atomic E-state index is 6.14. The summed E-state index contributed by atoms with van der Waals surface area (Å²) in [6.45, 7) is 5.91. The lowest BCUT2D eigenvalue weighted by Gasteiger charge is -2.22. The van der Waals surface area contributed by atoms with E-state index in [-0.39, 0.29) is 0 Å². The zero-order valence-corrected chi connectivity index (χ0v) is 10.1. The van der Waals surface area contributed by atoms with E-state index in [0.29, 0.717) is 5.02 Å². The van der Waals surface area contributed by atoms with Crippen molar-refractivity contribution < 1.29 is 10.2 Å². The largest absolute Gasteiger partial charge is 0.337 e. The van der Waals surface area contributed by atoms with Gasteiger partial charge in [-0.3, -0.25) is 0 Å². The van der Waals surface area contributed by atoms with Crippen molar-refractivity contribution in [2.45, 2.75) is 6.54 Å². The molecule has 1 saturated heterocycles. The van der Waals surface area contributed by atoms with Crippen molar-refractivity contribution >= 4 is 23.2 Å². The van der Waals surface area contributed by atoms with Crippen molar-refractivity contribution in [1.29, 1.82) is 0 Å². The fraction of sp³-hybridized carbons (Fsp3) is 0.455. The van der Waals surface area contributed by atoms with Crippen LogP contribution in [0.15, 0.2) is 18.2 Å². The van der Waals surface area contributed by atoms with Gasteiger partial charge in [-0.2, -0.15) is 0 Å². The van der Waals surface area contributed by atoms with Gasteiger partial charge in [-0.05, 0) is 12.1 Å². The molecule has 1 aliphatic heterocycles. The van der Waals surface area contributed by atoms with Crippen molar-refractivity contribution in [2.75, 3.05) is 26.2 Å². The van der Waals surface area contributed by atoms with Crippen molar-refractivity contribution in [3.63, 3.8) is 0 Å². The molecule has 0 atom stereocenters. The lowest BCUT2D eigenvalue weighted by molar-refractivity contribution is -0.958. The normalized spacial score (nSPS) is 18.0. The van der Waals surface area contributed by atoms with Gasteiger partial charge in [-0.25, -0.2) is 0 Å². The third kappa shape index (κ3) is 3.08. The van der Waals surface area contributed by atoms with Gasteiger partial charge in [0.05, 0.1) is 5.02 Å². The van der Waals surface area contributed by atoms with Gasteiger partial charge < -0.3 is 10.2 Å². The summed E-state index contributed by atoms with van der Waals surface area (Å²) in [5.41, 5.74) is 1.21. The maximum absolute atomic E-state index is 6.14. The fourth-order valence-electron chi connectivity index (χ4n) is 1.99. The average Bonchev–Trinajstić information content (AvgIpc) is 2.24. The van der Waals surface area contributed by atoms with Gasteiger partial charge in [0.15, 0.2) is 0 Å². The molecule has 1 fully saturated rings. The van der Waals surface area contributed by atoms with Gasteiger partial charge in [0.25, 0.3) is 0 Å². The van der Waals surface area contributed by atoms with Crippen molar-refractivity contribution in [2.24, 2.45) is 0 Å². The molecule has 82 valence electrons. The Morgan fingerprint density at radius 1 is 1.20 bits per heavy atom. The Hall–Kier alpha value is -0.280. The maximum Gasteiger partial charge on any atom is 0.127 e. The number of nitrogens with one attached hydrogen (secondary N) is 1. The summed E-state index contributed by atoms with van der Waals surface area (Å²) in [6.07, 6.45) is 0. The Kier molecular flexibility index (Phi) is 3.87. The number of hydrogen-bond donors (Lipinski definition) is 2. The zero-order valence-electron chi connectivity index (χ0n) is 8.60. The third-order valence-electron chi connectivity index (χ3n) is 2.86. The van der Waals surface area contributed by atoms with Crippen LogP contribution in [0.3, 0.4) is 0 Å². The molecule has 0 unspecified atom stereocenters. The van der Waals surface area contributed by atoms with E-state index in [1.165, 1.54) is 31.7 Å². The lowest BCUT2D eigenvalue weighted by atomic mass is 10.2. The Bertz CT molecular complexity index is 335. The molecule has 0 aromatic heterocycles. The highest BCUT2D eigenvalue weighted by Crippen LogP contribution is 2.20. The van der Waals surface area contributed by atoms with Crippen LogP contribution in [0.1, 0.15) is 5.56 Å². The minimum Gasteiger partial charge on any atom is -0.337 e. The lowest BCUT2D eigenvalue weighted by Crippen LogP contribution is -3.19. The van der Waals surface area contributed by atoms with Crippen LogP contribution in [0.4, 0.5) is 0 Å². The summed E-state index contributed by atoms with van der Waals surface area (Å²) in [5.74, 6) is 0. The molecule has 1 aromatic carbocycles. The van der Waals surface area contributed by atoms with E-state index in [1.54, 1.807) is 4.90 Å². The topological polar surface area (TPSA) is 21.1 Å². The molecule has 0 amide bonds. The van der Waals surface area contributed by atoms with E-state index in [1.807, 2.05) is 18.2 Å². The molecular formula is C11H16Cl2N2+2. The highest BCUT2D eigenvalue weighted by Gasteiger charge is 2.16. The second-order valence-electron chi connectivity index (χ2n) is 4.03. The second-order valence-corrected chi connectivity index (χ2v) is 4.87. The van der Waals surface area contributed by atoms with Crippen molar-refractivity contribution in [3.05, 3.63) is 33.8 Å². The molecule has 0 bridgehead atoms. The number of piperazine rings is 1. The van der Waals surface area contributed by atoms with E-state index < -0.39 is 0 Å². The van der Waals surface area contributed by atoms with Gasteiger partial charge in [-0.1, -0.05) is 29.3 Å². The van der Waals surface area contributed by atoms with Crippen molar-refractivity contribution in [1.82, 2.24) is 0 Å². The van der Waals surface area contributed by atoms with E-state index in [4.69, 9.17) is 23.2 Å². The van der Waals surface area contributed by atoms with Gasteiger partial charge in [-0.15, -0.1) is 0 Å². The fourth-order valence-corrected chi connectivity index (χ4v) is 2.47. The standard InChI is InChI=1S/C11H14Cl2N2/c12-10-2-1-9(11(13)7-10)8-15-5-3-14-4-6-15/h1-2,7,14H,3-6,8H2/p+2. The molecule has 4 heteroatoms. The van der Waals surface area contributed by atoms with E-state index in [0.717, 1.165) is 11.6 Å². The molecule has 1 aromatic rings. The molecule has 2 nitrogen and oxygen atoms in total. The first-order valence-corrected chi connectivity index (χ1v) is 6.10.